The largest absolute Gasteiger partial charge is 0.465 e. The number of hydrogen-bond donors (Lipinski definition) is 2. The minimum atomic E-state index is -0.580. The molecule has 2 heterocycles. The summed E-state index contributed by atoms with van der Waals surface area (Å²) in [5.41, 5.74) is 4.48. The summed E-state index contributed by atoms with van der Waals surface area (Å²) in [6, 6.07) is 20.1. The molecule has 1 unspecified atom stereocenters. The zero-order valence-corrected chi connectivity index (χ0v) is 19.1. The third-order valence-electron chi connectivity index (χ3n) is 5.42. The quantitative estimate of drug-likeness (QED) is 0.402. The molecule has 0 fully saturated rings. The van der Waals surface area contributed by atoms with Gasteiger partial charge in [-0.25, -0.2) is 9.78 Å². The number of nitrogens with zero attached hydrogens (tertiary/aromatic N) is 3. The van der Waals surface area contributed by atoms with Crippen molar-refractivity contribution in [2.45, 2.75) is 13.0 Å². The molecule has 0 aliphatic heterocycles. The molecular weight excluding hydrogens is 430 g/mol. The van der Waals surface area contributed by atoms with E-state index in [-0.39, 0.29) is 5.91 Å². The monoisotopic (exact) mass is 455 g/mol. The first-order valence-electron chi connectivity index (χ1n) is 10.8. The Bertz CT molecular complexity index is 1300. The van der Waals surface area contributed by atoms with E-state index in [9.17, 15) is 9.59 Å². The number of carbonyl (C=O) groups excluding carboxylic acids is 2. The highest BCUT2D eigenvalue weighted by Crippen LogP contribution is 2.27. The molecule has 1 atom stereocenters. The molecule has 172 valence electrons. The summed E-state index contributed by atoms with van der Waals surface area (Å²) in [5.74, 6) is -0.268. The Kier molecular flexibility index (Phi) is 6.68. The number of amides is 1. The van der Waals surface area contributed by atoms with Crippen molar-refractivity contribution in [3.8, 4) is 22.4 Å². The Hall–Kier alpha value is -4.46. The number of aryl methyl sites for hydroxylation is 1. The molecule has 34 heavy (non-hydrogen) atoms. The fourth-order valence-corrected chi connectivity index (χ4v) is 3.59. The van der Waals surface area contributed by atoms with Crippen LogP contribution in [0.1, 0.15) is 17.3 Å². The van der Waals surface area contributed by atoms with Gasteiger partial charge in [0.15, 0.2) is 0 Å². The van der Waals surface area contributed by atoms with Crippen molar-refractivity contribution in [2.75, 3.05) is 17.7 Å². The van der Waals surface area contributed by atoms with Crippen LogP contribution < -0.4 is 10.6 Å². The van der Waals surface area contributed by atoms with Crippen LogP contribution in [0.2, 0.25) is 0 Å². The molecule has 0 saturated heterocycles. The van der Waals surface area contributed by atoms with E-state index < -0.39 is 12.0 Å². The van der Waals surface area contributed by atoms with Crippen molar-refractivity contribution in [2.24, 2.45) is 7.05 Å². The first-order valence-corrected chi connectivity index (χ1v) is 10.8. The van der Waals surface area contributed by atoms with Gasteiger partial charge in [0, 0.05) is 36.3 Å². The molecule has 0 spiro atoms. The molecule has 4 aromatic rings. The zero-order chi connectivity index (χ0) is 24.1. The van der Waals surface area contributed by atoms with Crippen LogP contribution >= 0.6 is 0 Å². The maximum absolute atomic E-state index is 12.7. The summed E-state index contributed by atoms with van der Waals surface area (Å²) >= 11 is 0. The van der Waals surface area contributed by atoms with Crippen molar-refractivity contribution in [3.05, 3.63) is 84.7 Å². The molecule has 1 amide bonds. The zero-order valence-electron chi connectivity index (χ0n) is 19.1. The van der Waals surface area contributed by atoms with Crippen molar-refractivity contribution >= 4 is 23.4 Å². The first kappa shape index (κ1) is 22.7. The molecule has 0 aliphatic carbocycles. The van der Waals surface area contributed by atoms with Crippen LogP contribution in [-0.4, -0.2) is 39.8 Å². The van der Waals surface area contributed by atoms with E-state index in [0.717, 1.165) is 16.8 Å². The van der Waals surface area contributed by atoms with Crippen molar-refractivity contribution < 1.29 is 14.3 Å². The van der Waals surface area contributed by atoms with E-state index in [1.54, 1.807) is 49.2 Å². The van der Waals surface area contributed by atoms with Crippen LogP contribution in [0, 0.1) is 0 Å². The molecule has 0 bridgehead atoms. The predicted molar refractivity (Wildman–Crippen MR) is 131 cm³/mol. The summed E-state index contributed by atoms with van der Waals surface area (Å²) in [5, 5.41) is 10.1. The van der Waals surface area contributed by atoms with Crippen molar-refractivity contribution in [1.29, 1.82) is 0 Å². The van der Waals surface area contributed by atoms with Gasteiger partial charge in [-0.1, -0.05) is 30.3 Å². The van der Waals surface area contributed by atoms with Crippen LogP contribution in [-0.2, 0) is 16.6 Å². The lowest BCUT2D eigenvalue weighted by atomic mass is 10.0. The second-order valence-corrected chi connectivity index (χ2v) is 7.75. The highest BCUT2D eigenvalue weighted by Gasteiger charge is 2.19. The number of esters is 1. The molecule has 0 radical (unpaired) electrons. The van der Waals surface area contributed by atoms with E-state index >= 15 is 0 Å². The smallest absolute Gasteiger partial charge is 0.338 e. The van der Waals surface area contributed by atoms with E-state index in [4.69, 9.17) is 4.74 Å². The first-order chi connectivity index (χ1) is 16.5. The van der Waals surface area contributed by atoms with Gasteiger partial charge in [0.25, 0.3) is 0 Å². The molecule has 2 aromatic heterocycles. The van der Waals surface area contributed by atoms with Crippen LogP contribution in [0.15, 0.2) is 79.1 Å². The Morgan fingerprint density at radius 3 is 2.44 bits per heavy atom. The number of anilines is 2. The van der Waals surface area contributed by atoms with Gasteiger partial charge in [-0.15, -0.1) is 0 Å². The Balaban J connectivity index is 1.46. The van der Waals surface area contributed by atoms with E-state index in [2.05, 4.69) is 20.7 Å². The Morgan fingerprint density at radius 1 is 1.00 bits per heavy atom. The number of ether oxygens (including phenoxy) is 1. The van der Waals surface area contributed by atoms with Gasteiger partial charge in [0.2, 0.25) is 5.91 Å². The molecule has 4 rings (SSSR count). The number of nitrogens with one attached hydrogen (secondary N) is 2. The minimum absolute atomic E-state index is 0.254. The van der Waals surface area contributed by atoms with Gasteiger partial charge in [0.05, 0.1) is 18.4 Å². The maximum Gasteiger partial charge on any atom is 0.338 e. The van der Waals surface area contributed by atoms with E-state index in [1.807, 2.05) is 48.5 Å². The number of methoxy groups -OCH3 is 1. The standard InChI is InChI=1S/C26H25N5O3/c1-17(25(32)30-24-12-9-19(16-27-24)18-7-5-4-6-8-18)29-20-10-11-21(22(15-20)26(33)34-3)23-13-14-28-31(23)2/h4-17,29H,1-3H3,(H,27,30,32). The Labute approximate surface area is 197 Å². The molecule has 8 nitrogen and oxygen atoms in total. The number of carbonyl (C=O) groups is 2. The number of aromatic nitrogens is 3. The number of pyridine rings is 1. The number of rotatable bonds is 7. The second kappa shape index (κ2) is 9.99. The average molecular weight is 456 g/mol. The highest BCUT2D eigenvalue weighted by molar-refractivity contribution is 5.99. The summed E-state index contributed by atoms with van der Waals surface area (Å²) < 4.78 is 6.64. The normalized spacial score (nSPS) is 11.5. The molecule has 2 aromatic carbocycles. The van der Waals surface area contributed by atoms with Gasteiger partial charge < -0.3 is 15.4 Å². The van der Waals surface area contributed by atoms with Crippen molar-refractivity contribution in [3.63, 3.8) is 0 Å². The molecule has 0 aliphatic rings. The van der Waals surface area contributed by atoms with Crippen LogP contribution in [0.4, 0.5) is 11.5 Å². The third kappa shape index (κ3) is 4.96. The number of benzene rings is 2. The Morgan fingerprint density at radius 2 is 1.79 bits per heavy atom. The second-order valence-electron chi connectivity index (χ2n) is 7.75. The lowest BCUT2D eigenvalue weighted by molar-refractivity contribution is -0.116. The molecular formula is C26H25N5O3. The molecule has 2 N–H and O–H groups in total. The van der Waals surface area contributed by atoms with Gasteiger partial charge in [0.1, 0.15) is 11.9 Å². The van der Waals surface area contributed by atoms with Gasteiger partial charge in [-0.05, 0) is 48.9 Å². The molecule has 0 saturated carbocycles. The third-order valence-corrected chi connectivity index (χ3v) is 5.42. The van der Waals surface area contributed by atoms with Gasteiger partial charge in [-0.3, -0.25) is 9.48 Å². The fourth-order valence-electron chi connectivity index (χ4n) is 3.59. The fraction of sp³-hybridized carbons (Fsp3) is 0.154. The minimum Gasteiger partial charge on any atom is -0.465 e. The summed E-state index contributed by atoms with van der Waals surface area (Å²) in [4.78, 5) is 29.5. The van der Waals surface area contributed by atoms with E-state index in [1.165, 1.54) is 7.11 Å². The lowest BCUT2D eigenvalue weighted by Gasteiger charge is -2.17. The van der Waals surface area contributed by atoms with Crippen molar-refractivity contribution in [1.82, 2.24) is 14.8 Å². The predicted octanol–water partition coefficient (Wildman–Crippen LogP) is 4.37. The van der Waals surface area contributed by atoms with Crippen LogP contribution in [0.5, 0.6) is 0 Å². The summed E-state index contributed by atoms with van der Waals surface area (Å²) in [6.45, 7) is 1.74. The van der Waals surface area contributed by atoms with Gasteiger partial charge in [-0.2, -0.15) is 5.10 Å². The number of hydrogen-bond acceptors (Lipinski definition) is 6. The SMILES string of the molecule is COC(=O)c1cc(NC(C)C(=O)Nc2ccc(-c3ccccc3)cn2)ccc1-c1ccnn1C. The average Bonchev–Trinajstić information content (AvgIpc) is 3.30. The summed E-state index contributed by atoms with van der Waals surface area (Å²) in [7, 11) is 3.14. The summed E-state index contributed by atoms with van der Waals surface area (Å²) in [6.07, 6.45) is 3.39. The van der Waals surface area contributed by atoms with Crippen LogP contribution in [0.25, 0.3) is 22.4 Å². The van der Waals surface area contributed by atoms with E-state index in [0.29, 0.717) is 22.6 Å². The maximum atomic E-state index is 12.7. The lowest BCUT2D eigenvalue weighted by Crippen LogP contribution is -2.32. The highest BCUT2D eigenvalue weighted by atomic mass is 16.5. The molecule has 8 heteroatoms. The topological polar surface area (TPSA) is 98.1 Å². The van der Waals surface area contributed by atoms with Crippen LogP contribution in [0.3, 0.4) is 0 Å². The van der Waals surface area contributed by atoms with Gasteiger partial charge >= 0.3 is 5.97 Å².